The van der Waals surface area contributed by atoms with E-state index >= 15 is 0 Å². The first kappa shape index (κ1) is 19.9. The zero-order valence-corrected chi connectivity index (χ0v) is 16.5. The van der Waals surface area contributed by atoms with Crippen molar-refractivity contribution >= 4 is 20.7 Å². The predicted octanol–water partition coefficient (Wildman–Crippen LogP) is 2.52. The van der Waals surface area contributed by atoms with Crippen molar-refractivity contribution < 1.29 is 21.6 Å². The first-order valence-corrected chi connectivity index (χ1v) is 10.3. The summed E-state index contributed by atoms with van der Waals surface area (Å²) >= 11 is 0. The summed E-state index contributed by atoms with van der Waals surface area (Å²) in [4.78, 5) is 11.5. The van der Waals surface area contributed by atoms with Gasteiger partial charge in [0.05, 0.1) is 17.0 Å². The summed E-state index contributed by atoms with van der Waals surface area (Å²) in [5.74, 6) is 0.0296. The van der Waals surface area contributed by atoms with E-state index in [2.05, 4.69) is 25.1 Å². The number of halogens is 3. The molecule has 0 atom stereocenters. The van der Waals surface area contributed by atoms with Crippen molar-refractivity contribution in [3.8, 4) is 11.6 Å². The molecule has 0 fully saturated rings. The molecule has 4 aromatic heterocycles. The third kappa shape index (κ3) is 3.30. The smallest absolute Gasteiger partial charge is 0.251 e. The van der Waals surface area contributed by atoms with Crippen molar-refractivity contribution in [3.63, 3.8) is 0 Å². The van der Waals surface area contributed by atoms with E-state index in [1.54, 1.807) is 6.92 Å². The van der Waals surface area contributed by atoms with Gasteiger partial charge in [-0.05, 0) is 25.1 Å². The minimum Gasteiger partial charge on any atom is -0.251 e. The van der Waals surface area contributed by atoms with Gasteiger partial charge in [-0.2, -0.15) is 23.4 Å². The van der Waals surface area contributed by atoms with Crippen LogP contribution in [0.3, 0.4) is 0 Å². The van der Waals surface area contributed by atoms with Crippen LogP contribution in [-0.4, -0.2) is 48.7 Å². The van der Waals surface area contributed by atoms with Crippen LogP contribution in [0.25, 0.3) is 22.5 Å². The van der Waals surface area contributed by atoms with E-state index in [0.717, 1.165) is 12.3 Å². The van der Waals surface area contributed by atoms with Gasteiger partial charge in [0.2, 0.25) is 0 Å². The molecule has 0 N–H and O–H groups in total. The Hall–Kier alpha value is -3.35. The topological polar surface area (TPSA) is 108 Å². The first-order chi connectivity index (χ1) is 14.1. The lowest BCUT2D eigenvalue weighted by molar-refractivity contribution is -0.141. The summed E-state index contributed by atoms with van der Waals surface area (Å²) in [7, 11) is -3.71. The quantitative estimate of drug-likeness (QED) is 0.483. The van der Waals surface area contributed by atoms with Crippen molar-refractivity contribution in [3.05, 3.63) is 48.4 Å². The Balaban J connectivity index is 1.99. The molecule has 0 radical (unpaired) electrons. The van der Waals surface area contributed by atoms with Gasteiger partial charge in [0, 0.05) is 11.6 Å². The van der Waals surface area contributed by atoms with Gasteiger partial charge in [-0.25, -0.2) is 27.7 Å². The molecule has 30 heavy (non-hydrogen) atoms. The van der Waals surface area contributed by atoms with E-state index in [0.29, 0.717) is 11.1 Å². The van der Waals surface area contributed by atoms with Crippen LogP contribution in [0.4, 0.5) is 13.2 Å². The number of rotatable bonds is 4. The number of aromatic nitrogens is 7. The van der Waals surface area contributed by atoms with Crippen LogP contribution < -0.4 is 0 Å². The molecular weight excluding hydrogens is 423 g/mol. The normalized spacial score (nSPS) is 12.6. The minimum atomic E-state index is -4.63. The molecule has 9 nitrogen and oxygen atoms in total. The molecule has 0 aliphatic rings. The van der Waals surface area contributed by atoms with Gasteiger partial charge >= 0.3 is 6.18 Å². The summed E-state index contributed by atoms with van der Waals surface area (Å²) in [5, 5.41) is 8.50. The molecular formula is C17H14F3N7O2S. The largest absolute Gasteiger partial charge is 0.433 e. The van der Waals surface area contributed by atoms with Gasteiger partial charge in [0.25, 0.3) is 0 Å². The van der Waals surface area contributed by atoms with Crippen LogP contribution in [0.1, 0.15) is 18.3 Å². The average Bonchev–Trinajstić information content (AvgIpc) is 3.35. The van der Waals surface area contributed by atoms with E-state index in [9.17, 15) is 21.6 Å². The Bertz CT molecular complexity index is 1350. The molecule has 0 aliphatic carbocycles. The van der Waals surface area contributed by atoms with Gasteiger partial charge in [0.1, 0.15) is 23.2 Å². The predicted molar refractivity (Wildman–Crippen MR) is 99.0 cm³/mol. The fourth-order valence-corrected chi connectivity index (χ4v) is 3.89. The molecule has 0 saturated heterocycles. The Kier molecular flexibility index (Phi) is 4.56. The van der Waals surface area contributed by atoms with Crippen LogP contribution in [0.2, 0.25) is 0 Å². The van der Waals surface area contributed by atoms with Crippen LogP contribution in [0, 0.1) is 6.92 Å². The van der Waals surface area contributed by atoms with Gasteiger partial charge in [0.15, 0.2) is 21.5 Å². The van der Waals surface area contributed by atoms with Crippen molar-refractivity contribution in [1.82, 2.24) is 34.5 Å². The zero-order chi connectivity index (χ0) is 21.7. The number of fused-ring (bicyclic) bond motifs is 1. The fourth-order valence-electron chi connectivity index (χ4n) is 2.89. The van der Waals surface area contributed by atoms with Gasteiger partial charge in [-0.3, -0.25) is 4.98 Å². The second-order valence-corrected chi connectivity index (χ2v) is 8.56. The highest BCUT2D eigenvalue weighted by Gasteiger charge is 2.33. The molecule has 13 heteroatoms. The van der Waals surface area contributed by atoms with Crippen molar-refractivity contribution in [2.75, 3.05) is 5.75 Å². The number of hydrogen-bond donors (Lipinski definition) is 0. The highest BCUT2D eigenvalue weighted by Crippen LogP contribution is 2.31. The molecule has 0 saturated carbocycles. The molecule has 0 bridgehead atoms. The minimum absolute atomic E-state index is 0.0163. The van der Waals surface area contributed by atoms with Gasteiger partial charge in [-0.1, -0.05) is 6.92 Å². The van der Waals surface area contributed by atoms with Gasteiger partial charge in [-0.15, -0.1) is 0 Å². The third-order valence-electron chi connectivity index (χ3n) is 4.48. The van der Waals surface area contributed by atoms with Crippen LogP contribution in [-0.2, 0) is 16.0 Å². The number of sulfone groups is 1. The molecule has 4 aromatic rings. The lowest BCUT2D eigenvalue weighted by Gasteiger charge is -2.12. The maximum Gasteiger partial charge on any atom is 0.433 e. The molecule has 4 rings (SSSR count). The highest BCUT2D eigenvalue weighted by atomic mass is 32.2. The lowest BCUT2D eigenvalue weighted by atomic mass is 10.2. The Morgan fingerprint density at radius 2 is 1.97 bits per heavy atom. The SMILES string of the molecule is CCS(=O)(=O)c1ccc(-n2cncn2)nc1-n1nc2cc(C(F)(F)F)ncc2c1C. The van der Waals surface area contributed by atoms with E-state index < -0.39 is 21.7 Å². The maximum atomic E-state index is 13.0. The molecule has 4 heterocycles. The molecule has 156 valence electrons. The number of nitrogens with zero attached hydrogens (tertiary/aromatic N) is 7. The zero-order valence-electron chi connectivity index (χ0n) is 15.7. The number of hydrogen-bond acceptors (Lipinski definition) is 7. The van der Waals surface area contributed by atoms with Crippen LogP contribution in [0.15, 0.2) is 41.9 Å². The second kappa shape index (κ2) is 6.86. The van der Waals surface area contributed by atoms with E-state index in [1.807, 2.05) is 0 Å². The standard InChI is InChI=1S/C17H14F3N7O2S/c1-3-30(28,29)13-4-5-15(26-9-21-8-23-26)24-16(13)27-10(2)11-7-22-14(17(18,19)20)6-12(11)25-27/h4-9H,3H2,1-2H3. The molecule has 0 unspecified atom stereocenters. The van der Waals surface area contributed by atoms with Crippen LogP contribution >= 0.6 is 0 Å². The lowest BCUT2D eigenvalue weighted by Crippen LogP contribution is -2.14. The monoisotopic (exact) mass is 437 g/mol. The van der Waals surface area contributed by atoms with Crippen molar-refractivity contribution in [2.45, 2.75) is 24.9 Å². The van der Waals surface area contributed by atoms with Gasteiger partial charge < -0.3 is 0 Å². The highest BCUT2D eigenvalue weighted by molar-refractivity contribution is 7.91. The molecule has 0 spiro atoms. The first-order valence-electron chi connectivity index (χ1n) is 8.63. The Morgan fingerprint density at radius 3 is 2.60 bits per heavy atom. The number of alkyl halides is 3. The van der Waals surface area contributed by atoms with Crippen molar-refractivity contribution in [1.29, 1.82) is 0 Å². The summed E-state index contributed by atoms with van der Waals surface area (Å²) < 4.78 is 66.8. The molecule has 0 amide bonds. The number of pyridine rings is 2. The van der Waals surface area contributed by atoms with Crippen LogP contribution in [0.5, 0.6) is 0 Å². The maximum absolute atomic E-state index is 13.0. The summed E-state index contributed by atoms with van der Waals surface area (Å²) in [6.07, 6.45) is -0.901. The molecule has 0 aromatic carbocycles. The summed E-state index contributed by atoms with van der Waals surface area (Å²) in [6.45, 7) is 3.08. The number of aryl methyl sites for hydroxylation is 1. The summed E-state index contributed by atoms with van der Waals surface area (Å²) in [6, 6.07) is 3.64. The Morgan fingerprint density at radius 1 is 1.20 bits per heavy atom. The van der Waals surface area contributed by atoms with E-state index in [-0.39, 0.29) is 27.8 Å². The van der Waals surface area contributed by atoms with Crippen molar-refractivity contribution in [2.24, 2.45) is 0 Å². The fraction of sp³-hybridized carbons (Fsp3) is 0.235. The molecule has 0 aliphatic heterocycles. The third-order valence-corrected chi connectivity index (χ3v) is 6.23. The van der Waals surface area contributed by atoms with E-state index in [4.69, 9.17) is 0 Å². The Labute approximate surface area is 168 Å². The average molecular weight is 437 g/mol. The summed E-state index contributed by atoms with van der Waals surface area (Å²) in [5.41, 5.74) is -0.685. The van der Waals surface area contributed by atoms with E-state index in [1.165, 1.54) is 41.1 Å². The second-order valence-electron chi connectivity index (χ2n) is 6.32.